The zero-order chi connectivity index (χ0) is 19.7. The standard InChI is InChI=1S/C22H23N5O/c1-14(2)13-27(3)22-25-19(21(28)26-22)10-17-12-24-20-18(17)9-16(11-23-20)15-7-5-4-6-8-15/h4-12,14,28H,13H2,1-3H3,(H,25,26). The molecule has 4 rings (SSSR count). The lowest BCUT2D eigenvalue weighted by atomic mass is 10.0. The number of benzene rings is 1. The summed E-state index contributed by atoms with van der Waals surface area (Å²) >= 11 is 0. The largest absolute Gasteiger partial charge is 0.492 e. The number of hydrogen-bond donors (Lipinski definition) is 2. The fraction of sp³-hybridized carbons (Fsp3) is 0.227. The second-order valence-electron chi connectivity index (χ2n) is 7.39. The van der Waals surface area contributed by atoms with Crippen molar-refractivity contribution in [3.63, 3.8) is 0 Å². The summed E-state index contributed by atoms with van der Waals surface area (Å²) in [6.45, 7) is 5.13. The van der Waals surface area contributed by atoms with Crippen LogP contribution in [0.3, 0.4) is 0 Å². The van der Waals surface area contributed by atoms with Gasteiger partial charge in [-0.05, 0) is 23.6 Å². The normalized spacial score (nSPS) is 14.1. The highest BCUT2D eigenvalue weighted by molar-refractivity contribution is 6.21. The quantitative estimate of drug-likeness (QED) is 0.689. The number of nitrogens with zero attached hydrogens (tertiary/aromatic N) is 4. The minimum Gasteiger partial charge on any atom is -0.492 e. The molecule has 142 valence electrons. The molecule has 3 heterocycles. The minimum absolute atomic E-state index is 0.0212. The number of rotatable bonds is 5. The first-order valence-electron chi connectivity index (χ1n) is 9.33. The van der Waals surface area contributed by atoms with E-state index in [0.717, 1.165) is 28.8 Å². The second-order valence-corrected chi connectivity index (χ2v) is 7.39. The Kier molecular flexibility index (Phi) is 4.69. The van der Waals surface area contributed by atoms with Gasteiger partial charge in [0, 0.05) is 42.7 Å². The van der Waals surface area contributed by atoms with E-state index in [2.05, 4.69) is 52.0 Å². The van der Waals surface area contributed by atoms with Crippen LogP contribution >= 0.6 is 0 Å². The SMILES string of the molecule is CC(C)CN(C)c1nc(O)c(C=C2C=Nc3ncc(-c4ccccc4)cc32)[nH]1. The van der Waals surface area contributed by atoms with Crippen molar-refractivity contribution < 1.29 is 5.11 Å². The maximum Gasteiger partial charge on any atom is 0.238 e. The smallest absolute Gasteiger partial charge is 0.238 e. The number of aromatic nitrogens is 3. The molecule has 6 heteroatoms. The molecule has 0 saturated carbocycles. The molecule has 0 saturated heterocycles. The van der Waals surface area contributed by atoms with Crippen molar-refractivity contribution in [1.82, 2.24) is 15.0 Å². The Labute approximate surface area is 164 Å². The lowest BCUT2D eigenvalue weighted by Crippen LogP contribution is -2.23. The second kappa shape index (κ2) is 7.31. The van der Waals surface area contributed by atoms with Gasteiger partial charge >= 0.3 is 0 Å². The first-order chi connectivity index (χ1) is 13.5. The number of aromatic hydroxyl groups is 1. The number of fused-ring (bicyclic) bond motifs is 1. The van der Waals surface area contributed by atoms with Gasteiger partial charge in [-0.15, -0.1) is 0 Å². The molecule has 2 aromatic heterocycles. The van der Waals surface area contributed by atoms with Crippen LogP contribution in [-0.4, -0.2) is 39.9 Å². The van der Waals surface area contributed by atoms with Crippen LogP contribution < -0.4 is 4.90 Å². The molecule has 0 radical (unpaired) electrons. The molecule has 3 aromatic rings. The summed E-state index contributed by atoms with van der Waals surface area (Å²) in [6.07, 6.45) is 5.46. The van der Waals surface area contributed by atoms with Crippen molar-refractivity contribution in [2.75, 3.05) is 18.5 Å². The van der Waals surface area contributed by atoms with Gasteiger partial charge in [-0.25, -0.2) is 9.98 Å². The van der Waals surface area contributed by atoms with Gasteiger partial charge in [-0.1, -0.05) is 44.2 Å². The first-order valence-corrected chi connectivity index (χ1v) is 9.33. The maximum absolute atomic E-state index is 10.3. The van der Waals surface area contributed by atoms with E-state index in [1.54, 1.807) is 6.21 Å². The summed E-state index contributed by atoms with van der Waals surface area (Å²) in [5.74, 6) is 1.80. The van der Waals surface area contributed by atoms with E-state index < -0.39 is 0 Å². The van der Waals surface area contributed by atoms with E-state index in [1.807, 2.05) is 42.4 Å². The fourth-order valence-electron chi connectivity index (χ4n) is 3.31. The Hall–Kier alpha value is -3.41. The van der Waals surface area contributed by atoms with E-state index in [4.69, 9.17) is 0 Å². The van der Waals surface area contributed by atoms with E-state index in [1.165, 1.54) is 0 Å². The van der Waals surface area contributed by atoms with E-state index in [9.17, 15) is 5.11 Å². The van der Waals surface area contributed by atoms with Crippen molar-refractivity contribution in [1.29, 1.82) is 0 Å². The fourth-order valence-corrected chi connectivity index (χ4v) is 3.31. The van der Waals surface area contributed by atoms with Crippen molar-refractivity contribution in [2.45, 2.75) is 13.8 Å². The molecule has 0 spiro atoms. The molecule has 0 atom stereocenters. The van der Waals surface area contributed by atoms with E-state index in [-0.39, 0.29) is 5.88 Å². The molecule has 6 nitrogen and oxygen atoms in total. The monoisotopic (exact) mass is 373 g/mol. The van der Waals surface area contributed by atoms with Gasteiger partial charge in [0.1, 0.15) is 5.69 Å². The average Bonchev–Trinajstić information content (AvgIpc) is 3.26. The van der Waals surface area contributed by atoms with Gasteiger partial charge in [0.15, 0.2) is 5.82 Å². The van der Waals surface area contributed by atoms with Crippen molar-refractivity contribution in [3.8, 4) is 17.0 Å². The number of imidazole rings is 1. The summed E-state index contributed by atoms with van der Waals surface area (Å²) in [6, 6.07) is 12.2. The Morgan fingerprint density at radius 3 is 2.71 bits per heavy atom. The average molecular weight is 373 g/mol. The van der Waals surface area contributed by atoms with Crippen LogP contribution in [-0.2, 0) is 0 Å². The zero-order valence-electron chi connectivity index (χ0n) is 16.2. The first kappa shape index (κ1) is 18.0. The molecule has 0 bridgehead atoms. The molecule has 1 aliphatic rings. The molecular formula is C22H23N5O. The van der Waals surface area contributed by atoms with Crippen LogP contribution in [0.1, 0.15) is 25.1 Å². The molecule has 2 N–H and O–H groups in total. The predicted molar refractivity (Wildman–Crippen MR) is 114 cm³/mol. The molecule has 0 amide bonds. The number of allylic oxidation sites excluding steroid dienone is 1. The summed E-state index contributed by atoms with van der Waals surface area (Å²) < 4.78 is 0. The maximum atomic E-state index is 10.3. The van der Waals surface area contributed by atoms with Gasteiger partial charge in [0.25, 0.3) is 0 Å². The lowest BCUT2D eigenvalue weighted by molar-refractivity contribution is 0.455. The number of H-pyrrole nitrogens is 1. The molecular weight excluding hydrogens is 350 g/mol. The number of nitrogens with one attached hydrogen (secondary N) is 1. The highest BCUT2D eigenvalue weighted by Gasteiger charge is 2.18. The van der Waals surface area contributed by atoms with Gasteiger partial charge in [-0.2, -0.15) is 4.98 Å². The van der Waals surface area contributed by atoms with E-state index >= 15 is 0 Å². The van der Waals surface area contributed by atoms with Gasteiger partial charge < -0.3 is 15.0 Å². The van der Waals surface area contributed by atoms with Crippen LogP contribution in [0.25, 0.3) is 22.8 Å². The molecule has 0 fully saturated rings. The molecule has 28 heavy (non-hydrogen) atoms. The summed E-state index contributed by atoms with van der Waals surface area (Å²) in [7, 11) is 1.96. The van der Waals surface area contributed by atoms with Crippen LogP contribution in [0.2, 0.25) is 0 Å². The topological polar surface area (TPSA) is 77.4 Å². The van der Waals surface area contributed by atoms with Crippen LogP contribution in [0, 0.1) is 5.92 Å². The lowest BCUT2D eigenvalue weighted by Gasteiger charge is -2.17. The third-order valence-corrected chi connectivity index (χ3v) is 4.61. The van der Waals surface area contributed by atoms with Crippen molar-refractivity contribution in [3.05, 3.63) is 53.9 Å². The molecule has 1 aliphatic heterocycles. The van der Waals surface area contributed by atoms with Crippen molar-refractivity contribution in [2.24, 2.45) is 10.9 Å². The van der Waals surface area contributed by atoms with Gasteiger partial charge in [0.05, 0.1) is 0 Å². The molecule has 0 unspecified atom stereocenters. The third-order valence-electron chi connectivity index (χ3n) is 4.61. The van der Waals surface area contributed by atoms with Gasteiger partial charge in [-0.3, -0.25) is 0 Å². The number of hydrogen-bond acceptors (Lipinski definition) is 5. The van der Waals surface area contributed by atoms with Crippen molar-refractivity contribution >= 4 is 29.6 Å². The Balaban J connectivity index is 1.67. The molecule has 1 aromatic carbocycles. The Morgan fingerprint density at radius 1 is 1.18 bits per heavy atom. The van der Waals surface area contributed by atoms with Crippen LogP contribution in [0.15, 0.2) is 47.6 Å². The van der Waals surface area contributed by atoms with E-state index in [0.29, 0.717) is 23.4 Å². The number of anilines is 1. The summed E-state index contributed by atoms with van der Waals surface area (Å²) in [5.41, 5.74) is 4.52. The number of pyridine rings is 1. The zero-order valence-corrected chi connectivity index (χ0v) is 16.2. The van der Waals surface area contributed by atoms with Crippen LogP contribution in [0.4, 0.5) is 11.8 Å². The van der Waals surface area contributed by atoms with Gasteiger partial charge in [0.2, 0.25) is 11.8 Å². The minimum atomic E-state index is -0.0212. The predicted octanol–water partition coefficient (Wildman–Crippen LogP) is 4.53. The highest BCUT2D eigenvalue weighted by Crippen LogP contribution is 2.35. The molecule has 0 aliphatic carbocycles. The Morgan fingerprint density at radius 2 is 1.96 bits per heavy atom. The number of aromatic amines is 1. The van der Waals surface area contributed by atoms with Crippen LogP contribution in [0.5, 0.6) is 5.88 Å². The number of aliphatic imine (C=N–C) groups is 1. The summed E-state index contributed by atoms with van der Waals surface area (Å²) in [5, 5.41) is 10.3. The highest BCUT2D eigenvalue weighted by atomic mass is 16.3. The summed E-state index contributed by atoms with van der Waals surface area (Å²) in [4.78, 5) is 18.3. The Bertz CT molecular complexity index is 1050. The third kappa shape index (κ3) is 3.53.